The van der Waals surface area contributed by atoms with E-state index in [1.807, 2.05) is 19.9 Å². The standard InChI is InChI=1S/C23H26O5S/c1-15-6-9-17(10-7-15)29(24,25)28-19-12-22-13-23(26-5)21(19,4)20(3,14-27-23)18(22)11-8-16(22)2/h6-7,9-12H,2,8,13-14H2,1,3-5H3/t20?,21?,22-,23?/m1/s1. The van der Waals surface area contributed by atoms with Crippen LogP contribution in [-0.4, -0.2) is 27.9 Å². The first-order valence-electron chi connectivity index (χ1n) is 9.88. The predicted octanol–water partition coefficient (Wildman–Crippen LogP) is 4.26. The van der Waals surface area contributed by atoms with Crippen LogP contribution in [0.4, 0.5) is 0 Å². The maximum atomic E-state index is 13.2. The van der Waals surface area contributed by atoms with Crippen LogP contribution >= 0.6 is 0 Å². The van der Waals surface area contributed by atoms with Crippen molar-refractivity contribution in [2.75, 3.05) is 13.7 Å². The maximum Gasteiger partial charge on any atom is 0.338 e. The van der Waals surface area contributed by atoms with Crippen molar-refractivity contribution in [3.63, 3.8) is 0 Å². The Bertz CT molecular complexity index is 1100. The summed E-state index contributed by atoms with van der Waals surface area (Å²) < 4.78 is 44.4. The van der Waals surface area contributed by atoms with Gasteiger partial charge in [0.2, 0.25) is 0 Å². The highest BCUT2D eigenvalue weighted by Gasteiger charge is 2.79. The van der Waals surface area contributed by atoms with Gasteiger partial charge in [0.05, 0.1) is 12.0 Å². The number of rotatable bonds is 4. The molecule has 2 fully saturated rings. The lowest BCUT2D eigenvalue weighted by Gasteiger charge is -2.61. The van der Waals surface area contributed by atoms with Crippen molar-refractivity contribution in [1.82, 2.24) is 0 Å². The lowest BCUT2D eigenvalue weighted by atomic mass is 9.43. The summed E-state index contributed by atoms with van der Waals surface area (Å²) in [4.78, 5) is 0.137. The normalized spacial score (nSPS) is 39.9. The Morgan fingerprint density at radius 2 is 1.86 bits per heavy atom. The molecule has 0 N–H and O–H groups in total. The molecule has 1 aliphatic heterocycles. The molecule has 0 aromatic heterocycles. The fraction of sp³-hybridized carbons (Fsp3) is 0.478. The topological polar surface area (TPSA) is 61.8 Å². The molecule has 1 saturated heterocycles. The third-order valence-electron chi connectivity index (χ3n) is 7.94. The van der Waals surface area contributed by atoms with Crippen LogP contribution in [0.25, 0.3) is 0 Å². The van der Waals surface area contributed by atoms with Crippen LogP contribution in [0, 0.1) is 23.2 Å². The van der Waals surface area contributed by atoms with E-state index in [-0.39, 0.29) is 4.90 Å². The molecule has 0 amide bonds. The van der Waals surface area contributed by atoms with Crippen molar-refractivity contribution < 1.29 is 22.1 Å². The number of hydrogen-bond acceptors (Lipinski definition) is 5. The Morgan fingerprint density at radius 1 is 1.17 bits per heavy atom. The second kappa shape index (κ2) is 5.42. The van der Waals surface area contributed by atoms with Crippen LogP contribution in [0.5, 0.6) is 0 Å². The van der Waals surface area contributed by atoms with E-state index in [0.29, 0.717) is 18.8 Å². The van der Waals surface area contributed by atoms with Crippen LogP contribution in [0.3, 0.4) is 0 Å². The van der Waals surface area contributed by atoms with Crippen molar-refractivity contribution >= 4 is 10.1 Å². The third kappa shape index (κ3) is 2.00. The van der Waals surface area contributed by atoms with Gasteiger partial charge < -0.3 is 13.7 Å². The molecule has 1 aromatic carbocycles. The molecule has 1 aromatic rings. The number of aryl methyl sites for hydroxylation is 1. The van der Waals surface area contributed by atoms with Crippen molar-refractivity contribution in [3.05, 3.63) is 65.5 Å². The smallest absolute Gasteiger partial charge is 0.338 e. The van der Waals surface area contributed by atoms with Crippen LogP contribution in [0.2, 0.25) is 0 Å². The molecule has 1 heterocycles. The molecule has 5 aliphatic rings. The molecule has 6 rings (SSSR count). The summed E-state index contributed by atoms with van der Waals surface area (Å²) in [6.45, 7) is 10.8. The van der Waals surface area contributed by atoms with E-state index >= 15 is 0 Å². The quantitative estimate of drug-likeness (QED) is 0.544. The summed E-state index contributed by atoms with van der Waals surface area (Å²) in [5.41, 5.74) is 1.57. The zero-order chi connectivity index (χ0) is 20.9. The van der Waals surface area contributed by atoms with E-state index in [0.717, 1.165) is 17.6 Å². The van der Waals surface area contributed by atoms with E-state index < -0.39 is 32.2 Å². The van der Waals surface area contributed by atoms with Crippen molar-refractivity contribution in [2.45, 2.75) is 44.3 Å². The summed E-state index contributed by atoms with van der Waals surface area (Å²) in [6, 6.07) is 6.68. The van der Waals surface area contributed by atoms with E-state index in [4.69, 9.17) is 13.7 Å². The lowest BCUT2D eigenvalue weighted by molar-refractivity contribution is -0.264. The summed E-state index contributed by atoms with van der Waals surface area (Å²) in [5.74, 6) is -0.564. The second-order valence-corrected chi connectivity index (χ2v) is 10.7. The van der Waals surface area contributed by atoms with E-state index in [1.165, 1.54) is 5.57 Å². The molecule has 6 heteroatoms. The molecule has 1 spiro atoms. The van der Waals surface area contributed by atoms with Crippen LogP contribution in [0.1, 0.15) is 32.3 Å². The van der Waals surface area contributed by atoms with Gasteiger partial charge in [-0.1, -0.05) is 48.4 Å². The van der Waals surface area contributed by atoms with E-state index in [1.54, 1.807) is 31.4 Å². The molecule has 154 valence electrons. The van der Waals surface area contributed by atoms with Gasteiger partial charge in [-0.15, -0.1) is 0 Å². The highest BCUT2D eigenvalue weighted by atomic mass is 32.2. The van der Waals surface area contributed by atoms with Gasteiger partial charge in [0.1, 0.15) is 10.7 Å². The van der Waals surface area contributed by atoms with Gasteiger partial charge in [0, 0.05) is 24.4 Å². The van der Waals surface area contributed by atoms with Gasteiger partial charge in [-0.25, -0.2) is 0 Å². The highest BCUT2D eigenvalue weighted by molar-refractivity contribution is 7.86. The Labute approximate surface area is 172 Å². The van der Waals surface area contributed by atoms with E-state index in [9.17, 15) is 8.42 Å². The van der Waals surface area contributed by atoms with Crippen molar-refractivity contribution in [1.29, 1.82) is 0 Å². The van der Waals surface area contributed by atoms with Gasteiger partial charge in [-0.2, -0.15) is 8.42 Å². The SMILES string of the molecule is C=C1CC=C2C3(C)COC4(OC)C[C@]12C=C(OS(=O)(=O)c1ccc(C)cc1)C43C. The Morgan fingerprint density at radius 3 is 2.52 bits per heavy atom. The lowest BCUT2D eigenvalue weighted by Crippen LogP contribution is -2.64. The van der Waals surface area contributed by atoms with Gasteiger partial charge in [0.25, 0.3) is 0 Å². The first kappa shape index (κ1) is 19.1. The number of ether oxygens (including phenoxy) is 2. The minimum absolute atomic E-state index is 0.137. The highest BCUT2D eigenvalue weighted by Crippen LogP contribution is 2.78. The molecule has 1 saturated carbocycles. The average molecular weight is 415 g/mol. The summed E-state index contributed by atoms with van der Waals surface area (Å²) >= 11 is 0. The fourth-order valence-corrected chi connectivity index (χ4v) is 7.02. The first-order valence-corrected chi connectivity index (χ1v) is 11.3. The zero-order valence-corrected chi connectivity index (χ0v) is 18.1. The summed E-state index contributed by atoms with van der Waals surface area (Å²) in [5, 5.41) is 0. The Kier molecular flexibility index (Phi) is 3.57. The molecule has 29 heavy (non-hydrogen) atoms. The van der Waals surface area contributed by atoms with Crippen LogP contribution in [-0.2, 0) is 23.8 Å². The number of hydrogen-bond donors (Lipinski definition) is 0. The minimum atomic E-state index is -4.00. The molecular weight excluding hydrogens is 388 g/mol. The number of methoxy groups -OCH3 is 1. The van der Waals surface area contributed by atoms with Gasteiger partial charge in [-0.3, -0.25) is 0 Å². The molecule has 5 nitrogen and oxygen atoms in total. The Balaban J connectivity index is 1.69. The molecule has 4 bridgehead atoms. The van der Waals surface area contributed by atoms with Gasteiger partial charge in [0.15, 0.2) is 5.79 Å². The average Bonchev–Trinajstić information content (AvgIpc) is 3.07. The summed E-state index contributed by atoms with van der Waals surface area (Å²) in [6.07, 6.45) is 5.56. The van der Waals surface area contributed by atoms with Crippen LogP contribution < -0.4 is 0 Å². The Hall–Kier alpha value is -1.89. The molecular formula is C23H26O5S. The van der Waals surface area contributed by atoms with Crippen molar-refractivity contribution in [2.24, 2.45) is 16.2 Å². The fourth-order valence-electron chi connectivity index (χ4n) is 6.00. The molecule has 4 aliphatic carbocycles. The minimum Gasteiger partial charge on any atom is -0.383 e. The van der Waals surface area contributed by atoms with Gasteiger partial charge in [-0.05, 0) is 38.5 Å². The third-order valence-corrected chi connectivity index (χ3v) is 9.19. The molecule has 0 radical (unpaired) electrons. The largest absolute Gasteiger partial charge is 0.383 e. The van der Waals surface area contributed by atoms with Crippen LogP contribution in [0.15, 0.2) is 64.8 Å². The zero-order valence-electron chi connectivity index (χ0n) is 17.2. The summed E-state index contributed by atoms with van der Waals surface area (Å²) in [7, 11) is -2.37. The molecule has 4 atom stereocenters. The maximum absolute atomic E-state index is 13.2. The number of benzene rings is 1. The first-order chi connectivity index (χ1) is 13.5. The van der Waals surface area contributed by atoms with Crippen molar-refractivity contribution in [3.8, 4) is 0 Å². The van der Waals surface area contributed by atoms with E-state index in [2.05, 4.69) is 19.6 Å². The number of allylic oxidation sites excluding steroid dienone is 3. The predicted molar refractivity (Wildman–Crippen MR) is 108 cm³/mol. The molecule has 3 unspecified atom stereocenters. The monoisotopic (exact) mass is 414 g/mol. The second-order valence-electron chi connectivity index (χ2n) is 9.14. The van der Waals surface area contributed by atoms with Gasteiger partial charge >= 0.3 is 10.1 Å².